The first kappa shape index (κ1) is 19.9. The van der Waals surface area contributed by atoms with Crippen molar-refractivity contribution in [2.75, 3.05) is 13.2 Å². The van der Waals surface area contributed by atoms with E-state index in [9.17, 15) is 9.59 Å². The minimum absolute atomic E-state index is 0.319. The lowest BCUT2D eigenvalue weighted by Crippen LogP contribution is -2.03. The summed E-state index contributed by atoms with van der Waals surface area (Å²) in [6.07, 6.45) is 16.9. The minimum atomic E-state index is -0.319. The summed E-state index contributed by atoms with van der Waals surface area (Å²) in [6, 6.07) is 0. The van der Waals surface area contributed by atoms with Gasteiger partial charge in [-0.15, -0.1) is 0 Å². The predicted octanol–water partition coefficient (Wildman–Crippen LogP) is 3.90. The third kappa shape index (κ3) is 14.3. The number of ether oxygens (including phenoxy) is 2. The fourth-order valence-corrected chi connectivity index (χ4v) is 1.49. The van der Waals surface area contributed by atoms with Crippen LogP contribution in [0.4, 0.5) is 0 Å². The molecule has 0 aromatic heterocycles. The highest BCUT2D eigenvalue weighted by molar-refractivity contribution is 5.82. The molecule has 4 heteroatoms. The summed E-state index contributed by atoms with van der Waals surface area (Å²) >= 11 is 0. The molecule has 0 aromatic carbocycles. The van der Waals surface area contributed by atoms with Crippen molar-refractivity contribution in [3.05, 3.63) is 48.6 Å². The Kier molecular flexibility index (Phi) is 13.8. The van der Waals surface area contributed by atoms with Gasteiger partial charge >= 0.3 is 11.9 Å². The number of carbonyl (C=O) groups is 2. The van der Waals surface area contributed by atoms with Crippen molar-refractivity contribution < 1.29 is 19.1 Å². The summed E-state index contributed by atoms with van der Waals surface area (Å²) in [5, 5.41) is 0. The van der Waals surface area contributed by atoms with Crippen molar-refractivity contribution in [1.82, 2.24) is 0 Å². The molecular weight excluding hydrogens is 280 g/mol. The molecule has 0 aliphatic rings. The van der Waals surface area contributed by atoms with Crippen LogP contribution in [0.1, 0.15) is 39.5 Å². The van der Waals surface area contributed by atoms with E-state index in [1.807, 2.05) is 26.0 Å². The van der Waals surface area contributed by atoms with Gasteiger partial charge in [0.1, 0.15) is 0 Å². The quantitative estimate of drug-likeness (QED) is 0.251. The highest BCUT2D eigenvalue weighted by Crippen LogP contribution is 2.01. The molecule has 0 aliphatic carbocycles. The van der Waals surface area contributed by atoms with Crippen molar-refractivity contribution in [2.45, 2.75) is 39.5 Å². The second-order valence-corrected chi connectivity index (χ2v) is 4.52. The van der Waals surface area contributed by atoms with Gasteiger partial charge in [-0.25, -0.2) is 9.59 Å². The van der Waals surface area contributed by atoms with Crippen LogP contribution < -0.4 is 0 Å². The van der Waals surface area contributed by atoms with Crippen molar-refractivity contribution in [2.24, 2.45) is 0 Å². The Morgan fingerprint density at radius 1 is 0.682 bits per heavy atom. The molecule has 122 valence electrons. The highest BCUT2D eigenvalue weighted by Gasteiger charge is 1.98. The molecule has 0 fully saturated rings. The first-order chi connectivity index (χ1) is 10.7. The van der Waals surface area contributed by atoms with Gasteiger partial charge in [-0.2, -0.15) is 0 Å². The topological polar surface area (TPSA) is 52.6 Å². The predicted molar refractivity (Wildman–Crippen MR) is 88.3 cm³/mol. The zero-order valence-corrected chi connectivity index (χ0v) is 13.5. The summed E-state index contributed by atoms with van der Waals surface area (Å²) < 4.78 is 10.1. The van der Waals surface area contributed by atoms with E-state index in [4.69, 9.17) is 9.47 Å². The summed E-state index contributed by atoms with van der Waals surface area (Å²) in [5.74, 6) is -0.639. The van der Waals surface area contributed by atoms with E-state index >= 15 is 0 Å². The maximum Gasteiger partial charge on any atom is 0.330 e. The van der Waals surface area contributed by atoms with E-state index < -0.39 is 0 Å². The molecule has 22 heavy (non-hydrogen) atoms. The van der Waals surface area contributed by atoms with Crippen LogP contribution in [0.5, 0.6) is 0 Å². The smallest absolute Gasteiger partial charge is 0.330 e. The molecule has 4 nitrogen and oxygen atoms in total. The molecule has 0 saturated heterocycles. The van der Waals surface area contributed by atoms with Crippen LogP contribution >= 0.6 is 0 Å². The normalized spacial score (nSPS) is 11.9. The van der Waals surface area contributed by atoms with Gasteiger partial charge in [-0.3, -0.25) is 0 Å². The summed E-state index contributed by atoms with van der Waals surface area (Å²) in [6.45, 7) is 4.60. The fraction of sp³-hybridized carbons (Fsp3) is 0.444. The molecule has 0 aromatic rings. The zero-order chi connectivity index (χ0) is 16.5. The second kappa shape index (κ2) is 15.3. The first-order valence-electron chi connectivity index (χ1n) is 7.63. The molecule has 0 unspecified atom stereocenters. The van der Waals surface area contributed by atoms with Gasteiger partial charge in [-0.05, 0) is 39.5 Å². The zero-order valence-electron chi connectivity index (χ0n) is 13.5. The van der Waals surface area contributed by atoms with Crippen LogP contribution in [0.3, 0.4) is 0 Å². The lowest BCUT2D eigenvalue weighted by atomic mass is 10.2. The Labute approximate surface area is 133 Å². The number of hydrogen-bond acceptors (Lipinski definition) is 4. The largest absolute Gasteiger partial charge is 0.463 e. The number of allylic oxidation sites excluding steroid dienone is 6. The second-order valence-electron chi connectivity index (χ2n) is 4.52. The van der Waals surface area contributed by atoms with Crippen molar-refractivity contribution in [3.63, 3.8) is 0 Å². The Hall–Kier alpha value is -2.10. The average Bonchev–Trinajstić information content (AvgIpc) is 2.50. The van der Waals surface area contributed by atoms with Crippen LogP contribution in [-0.2, 0) is 19.1 Å². The van der Waals surface area contributed by atoms with Gasteiger partial charge in [0.05, 0.1) is 13.2 Å². The van der Waals surface area contributed by atoms with Crippen LogP contribution in [-0.4, -0.2) is 25.2 Å². The molecule has 0 atom stereocenters. The van der Waals surface area contributed by atoms with Gasteiger partial charge in [0.15, 0.2) is 0 Å². The average molecular weight is 306 g/mol. The third-order valence-electron chi connectivity index (χ3n) is 2.60. The summed E-state index contributed by atoms with van der Waals surface area (Å²) in [4.78, 5) is 22.4. The van der Waals surface area contributed by atoms with Gasteiger partial charge in [0.2, 0.25) is 0 Å². The van der Waals surface area contributed by atoms with Gasteiger partial charge < -0.3 is 9.47 Å². The van der Waals surface area contributed by atoms with E-state index in [-0.39, 0.29) is 11.9 Å². The number of carbonyl (C=O) groups excluding carboxylic acids is 2. The lowest BCUT2D eigenvalue weighted by Gasteiger charge is -2.03. The molecule has 0 heterocycles. The molecule has 0 N–H and O–H groups in total. The monoisotopic (exact) mass is 306 g/mol. The van der Waals surface area contributed by atoms with Crippen LogP contribution in [0.2, 0.25) is 0 Å². The molecule has 0 aliphatic heterocycles. The Bertz CT molecular complexity index is 377. The molecular formula is C18H26O4. The molecule has 0 amide bonds. The van der Waals surface area contributed by atoms with E-state index in [2.05, 4.69) is 0 Å². The fourth-order valence-electron chi connectivity index (χ4n) is 1.49. The highest BCUT2D eigenvalue weighted by atomic mass is 16.5. The van der Waals surface area contributed by atoms with E-state index in [1.165, 1.54) is 12.2 Å². The van der Waals surface area contributed by atoms with E-state index in [0.29, 0.717) is 13.2 Å². The van der Waals surface area contributed by atoms with Crippen molar-refractivity contribution in [1.29, 1.82) is 0 Å². The van der Waals surface area contributed by atoms with Crippen molar-refractivity contribution >= 4 is 11.9 Å². The SMILES string of the molecule is CC=CC=CC(=O)OCCCCCCOC(=O)C=CC=CC. The van der Waals surface area contributed by atoms with Gasteiger partial charge in [-0.1, -0.05) is 36.5 Å². The summed E-state index contributed by atoms with van der Waals surface area (Å²) in [5.41, 5.74) is 0. The van der Waals surface area contributed by atoms with Crippen molar-refractivity contribution in [3.8, 4) is 0 Å². The molecule has 0 saturated carbocycles. The molecule has 0 rings (SSSR count). The maximum atomic E-state index is 11.2. The first-order valence-corrected chi connectivity index (χ1v) is 7.63. The lowest BCUT2D eigenvalue weighted by molar-refractivity contribution is -0.139. The van der Waals surface area contributed by atoms with Crippen LogP contribution in [0, 0.1) is 0 Å². The number of hydrogen-bond donors (Lipinski definition) is 0. The molecule has 0 bridgehead atoms. The Balaban J connectivity index is 3.44. The minimum Gasteiger partial charge on any atom is -0.463 e. The van der Waals surface area contributed by atoms with Crippen LogP contribution in [0.25, 0.3) is 0 Å². The van der Waals surface area contributed by atoms with E-state index in [0.717, 1.165) is 25.7 Å². The standard InChI is InChI=1S/C18H26O4/c1-3-5-9-13-17(19)21-15-11-7-8-12-16-22-18(20)14-10-6-4-2/h3-6,9-10,13-14H,7-8,11-12,15-16H2,1-2H3. The maximum absolute atomic E-state index is 11.2. The third-order valence-corrected chi connectivity index (χ3v) is 2.60. The van der Waals surface area contributed by atoms with E-state index in [1.54, 1.807) is 24.3 Å². The Morgan fingerprint density at radius 3 is 1.45 bits per heavy atom. The summed E-state index contributed by atoms with van der Waals surface area (Å²) in [7, 11) is 0. The van der Waals surface area contributed by atoms with Gasteiger partial charge in [0, 0.05) is 12.2 Å². The number of rotatable bonds is 11. The van der Waals surface area contributed by atoms with Crippen LogP contribution in [0.15, 0.2) is 48.6 Å². The molecule has 0 radical (unpaired) electrons. The number of esters is 2. The van der Waals surface area contributed by atoms with Gasteiger partial charge in [0.25, 0.3) is 0 Å². The number of unbranched alkanes of at least 4 members (excludes halogenated alkanes) is 3. The molecule has 0 spiro atoms. The Morgan fingerprint density at radius 2 is 1.09 bits per heavy atom.